The lowest BCUT2D eigenvalue weighted by Crippen LogP contribution is -2.30. The summed E-state index contributed by atoms with van der Waals surface area (Å²) < 4.78 is 4.78. The average molecular weight is 371 g/mol. The topological polar surface area (TPSA) is 59.7 Å². The van der Waals surface area contributed by atoms with Crippen molar-refractivity contribution in [2.24, 2.45) is 7.05 Å². The van der Waals surface area contributed by atoms with Crippen LogP contribution >= 0.6 is 28.1 Å². The molecule has 2 aromatic heterocycles. The zero-order valence-corrected chi connectivity index (χ0v) is 14.8. The molecule has 0 unspecified atom stereocenters. The fourth-order valence-electron chi connectivity index (χ4n) is 1.84. The molecule has 0 radical (unpaired) electrons. The molecule has 0 aromatic carbocycles. The lowest BCUT2D eigenvalue weighted by molar-refractivity contribution is 0.570. The molecule has 0 saturated carbocycles. The van der Waals surface area contributed by atoms with E-state index in [0.29, 0.717) is 5.11 Å². The fraction of sp³-hybridized carbons (Fsp3) is 0.462. The third-order valence-electron chi connectivity index (χ3n) is 3.22. The first kappa shape index (κ1) is 16.0. The fourth-order valence-corrected chi connectivity index (χ4v) is 2.37. The first-order valence-electron chi connectivity index (χ1n) is 6.70. The van der Waals surface area contributed by atoms with Crippen molar-refractivity contribution < 1.29 is 0 Å². The van der Waals surface area contributed by atoms with Gasteiger partial charge >= 0.3 is 0 Å². The molecule has 0 aliphatic rings. The molecule has 0 aliphatic heterocycles. The van der Waals surface area contributed by atoms with E-state index < -0.39 is 0 Å². The van der Waals surface area contributed by atoms with Crippen LogP contribution < -0.4 is 10.6 Å². The Morgan fingerprint density at radius 2 is 2.19 bits per heavy atom. The summed E-state index contributed by atoms with van der Waals surface area (Å²) in [7, 11) is 1.90. The summed E-state index contributed by atoms with van der Waals surface area (Å²) >= 11 is 8.73. The van der Waals surface area contributed by atoms with Crippen molar-refractivity contribution in [1.82, 2.24) is 24.9 Å². The molecular formula is C13H19BrN6S. The highest BCUT2D eigenvalue weighted by Gasteiger charge is 2.05. The van der Waals surface area contributed by atoms with Gasteiger partial charge in [-0.05, 0) is 48.4 Å². The molecule has 21 heavy (non-hydrogen) atoms. The van der Waals surface area contributed by atoms with Crippen molar-refractivity contribution in [3.63, 3.8) is 0 Å². The maximum Gasteiger partial charge on any atom is 0.170 e. The Morgan fingerprint density at radius 1 is 1.43 bits per heavy atom. The predicted molar refractivity (Wildman–Crippen MR) is 91.4 cm³/mol. The summed E-state index contributed by atoms with van der Waals surface area (Å²) in [5, 5.41) is 15.5. The van der Waals surface area contributed by atoms with Gasteiger partial charge < -0.3 is 10.6 Å². The molecule has 2 aromatic rings. The van der Waals surface area contributed by atoms with E-state index in [1.54, 1.807) is 6.20 Å². The van der Waals surface area contributed by atoms with Gasteiger partial charge in [-0.2, -0.15) is 10.2 Å². The predicted octanol–water partition coefficient (Wildman–Crippen LogP) is 2.37. The summed E-state index contributed by atoms with van der Waals surface area (Å²) in [6.07, 6.45) is 4.71. The minimum atomic E-state index is 0.615. The Hall–Kier alpha value is -1.41. The van der Waals surface area contributed by atoms with Gasteiger partial charge in [0.2, 0.25) is 0 Å². The van der Waals surface area contributed by atoms with E-state index in [-0.39, 0.29) is 0 Å². The van der Waals surface area contributed by atoms with Gasteiger partial charge in [0, 0.05) is 26.3 Å². The maximum absolute atomic E-state index is 5.27. The van der Waals surface area contributed by atoms with E-state index in [1.165, 1.54) is 0 Å². The van der Waals surface area contributed by atoms with Crippen LogP contribution in [0, 0.1) is 13.8 Å². The molecule has 0 fully saturated rings. The molecule has 114 valence electrons. The number of thiocarbonyl (C=S) groups is 1. The van der Waals surface area contributed by atoms with Gasteiger partial charge in [0.1, 0.15) is 0 Å². The van der Waals surface area contributed by atoms with Crippen molar-refractivity contribution in [3.05, 3.63) is 28.3 Å². The summed E-state index contributed by atoms with van der Waals surface area (Å²) in [5.74, 6) is 0. The van der Waals surface area contributed by atoms with E-state index in [1.807, 2.05) is 36.5 Å². The minimum absolute atomic E-state index is 0.615. The molecular weight excluding hydrogens is 352 g/mol. The van der Waals surface area contributed by atoms with Crippen molar-refractivity contribution in [3.8, 4) is 0 Å². The third kappa shape index (κ3) is 4.28. The quantitative estimate of drug-likeness (QED) is 0.624. The molecule has 0 amide bonds. The SMILES string of the molecule is Cc1nn(CCCNC(=S)Nc2cnn(C)c2C)cc1Br. The largest absolute Gasteiger partial charge is 0.362 e. The summed E-state index contributed by atoms with van der Waals surface area (Å²) in [6.45, 7) is 5.62. The number of aryl methyl sites for hydroxylation is 3. The van der Waals surface area contributed by atoms with E-state index in [9.17, 15) is 0 Å². The van der Waals surface area contributed by atoms with Crippen molar-refractivity contribution in [2.45, 2.75) is 26.8 Å². The van der Waals surface area contributed by atoms with Crippen molar-refractivity contribution in [1.29, 1.82) is 0 Å². The highest BCUT2D eigenvalue weighted by atomic mass is 79.9. The summed E-state index contributed by atoms with van der Waals surface area (Å²) in [6, 6.07) is 0. The van der Waals surface area contributed by atoms with Crippen LogP contribution in [0.2, 0.25) is 0 Å². The normalized spacial score (nSPS) is 10.7. The standard InChI is InChI=1S/C13H19BrN6S/c1-9-11(14)8-20(18-9)6-4-5-15-13(21)17-12-7-16-19(3)10(12)2/h7-8H,4-6H2,1-3H3,(H2,15,17,21). The monoisotopic (exact) mass is 370 g/mol. The maximum atomic E-state index is 5.27. The first-order chi connectivity index (χ1) is 9.97. The number of aromatic nitrogens is 4. The van der Waals surface area contributed by atoms with Gasteiger partial charge in [-0.25, -0.2) is 0 Å². The van der Waals surface area contributed by atoms with E-state index in [4.69, 9.17) is 12.2 Å². The van der Waals surface area contributed by atoms with Crippen LogP contribution in [0.1, 0.15) is 17.8 Å². The smallest absolute Gasteiger partial charge is 0.170 e. The number of hydrogen-bond donors (Lipinski definition) is 2. The zero-order chi connectivity index (χ0) is 15.4. The average Bonchev–Trinajstić information content (AvgIpc) is 2.92. The molecule has 0 aliphatic carbocycles. The number of anilines is 1. The number of nitrogens with zero attached hydrogens (tertiary/aromatic N) is 4. The van der Waals surface area contributed by atoms with Gasteiger partial charge in [-0.15, -0.1) is 0 Å². The number of halogens is 1. The van der Waals surface area contributed by atoms with Crippen LogP contribution in [0.5, 0.6) is 0 Å². The first-order valence-corrected chi connectivity index (χ1v) is 7.90. The van der Waals surface area contributed by atoms with Crippen LogP contribution in [-0.2, 0) is 13.6 Å². The molecule has 2 N–H and O–H groups in total. The number of nitrogens with one attached hydrogen (secondary N) is 2. The van der Waals surface area contributed by atoms with Crippen LogP contribution in [0.4, 0.5) is 5.69 Å². The Morgan fingerprint density at radius 3 is 2.76 bits per heavy atom. The van der Waals surface area contributed by atoms with Gasteiger partial charge in [-0.1, -0.05) is 0 Å². The van der Waals surface area contributed by atoms with E-state index in [2.05, 4.69) is 36.8 Å². The van der Waals surface area contributed by atoms with Crippen LogP contribution in [0.15, 0.2) is 16.9 Å². The van der Waals surface area contributed by atoms with E-state index >= 15 is 0 Å². The molecule has 0 bridgehead atoms. The minimum Gasteiger partial charge on any atom is -0.362 e. The molecule has 0 atom stereocenters. The molecule has 2 rings (SSSR count). The van der Waals surface area contributed by atoms with Gasteiger partial charge in [-0.3, -0.25) is 9.36 Å². The van der Waals surface area contributed by atoms with Crippen LogP contribution in [0.3, 0.4) is 0 Å². The Balaban J connectivity index is 1.71. The zero-order valence-electron chi connectivity index (χ0n) is 12.4. The second-order valence-corrected chi connectivity index (χ2v) is 6.09. The number of rotatable bonds is 5. The van der Waals surface area contributed by atoms with Gasteiger partial charge in [0.05, 0.1) is 27.7 Å². The van der Waals surface area contributed by atoms with Crippen molar-refractivity contribution >= 4 is 38.9 Å². The Kier molecular flexibility index (Phi) is 5.35. The molecule has 0 saturated heterocycles. The molecule has 8 heteroatoms. The van der Waals surface area contributed by atoms with Gasteiger partial charge in [0.15, 0.2) is 5.11 Å². The number of hydrogen-bond acceptors (Lipinski definition) is 3. The lowest BCUT2D eigenvalue weighted by atomic mass is 10.4. The highest BCUT2D eigenvalue weighted by Crippen LogP contribution is 2.13. The molecule has 0 spiro atoms. The molecule has 6 nitrogen and oxygen atoms in total. The highest BCUT2D eigenvalue weighted by molar-refractivity contribution is 9.10. The van der Waals surface area contributed by atoms with Gasteiger partial charge in [0.25, 0.3) is 0 Å². The van der Waals surface area contributed by atoms with Crippen LogP contribution in [0.25, 0.3) is 0 Å². The lowest BCUT2D eigenvalue weighted by Gasteiger charge is -2.10. The second kappa shape index (κ2) is 7.04. The van der Waals surface area contributed by atoms with Crippen molar-refractivity contribution in [2.75, 3.05) is 11.9 Å². The van der Waals surface area contributed by atoms with Crippen LogP contribution in [-0.4, -0.2) is 31.2 Å². The second-order valence-electron chi connectivity index (χ2n) is 4.83. The summed E-state index contributed by atoms with van der Waals surface area (Å²) in [5.41, 5.74) is 2.99. The van der Waals surface area contributed by atoms with E-state index in [0.717, 1.165) is 41.1 Å². The summed E-state index contributed by atoms with van der Waals surface area (Å²) in [4.78, 5) is 0. The Bertz CT molecular complexity index is 613. The Labute approximate surface area is 138 Å². The molecule has 2 heterocycles. The third-order valence-corrected chi connectivity index (χ3v) is 4.24.